The van der Waals surface area contributed by atoms with Gasteiger partial charge in [-0.3, -0.25) is 10.1 Å². The van der Waals surface area contributed by atoms with Crippen molar-refractivity contribution in [3.05, 3.63) is 60.7 Å². The van der Waals surface area contributed by atoms with Crippen LogP contribution in [0.4, 0.5) is 10.5 Å². The third kappa shape index (κ3) is 4.37. The predicted molar refractivity (Wildman–Crippen MR) is 130 cm³/mol. The number of hydrogen-bond acceptors (Lipinski definition) is 7. The lowest BCUT2D eigenvalue weighted by Gasteiger charge is -2.41. The van der Waals surface area contributed by atoms with Gasteiger partial charge in [-0.25, -0.2) is 9.79 Å². The Labute approximate surface area is 198 Å². The summed E-state index contributed by atoms with van der Waals surface area (Å²) in [6.45, 7) is 4.06. The minimum Gasteiger partial charge on any atom is -0.368 e. The zero-order valence-electron chi connectivity index (χ0n) is 18.6. The van der Waals surface area contributed by atoms with Crippen LogP contribution in [-0.4, -0.2) is 90.3 Å². The second-order valence-electron chi connectivity index (χ2n) is 8.36. The van der Waals surface area contributed by atoms with E-state index in [1.165, 1.54) is 15.5 Å². The molecule has 3 aliphatic heterocycles. The van der Waals surface area contributed by atoms with E-state index in [4.69, 9.17) is 4.99 Å². The number of thioether (sulfide) groups is 1. The van der Waals surface area contributed by atoms with Crippen molar-refractivity contribution < 1.29 is 9.59 Å². The molecule has 0 radical (unpaired) electrons. The number of anilines is 1. The molecule has 2 aromatic rings. The number of nitrogens with one attached hydrogen (secondary N) is 1. The van der Waals surface area contributed by atoms with Crippen molar-refractivity contribution in [1.82, 2.24) is 20.0 Å². The minimum atomic E-state index is -0.494. The van der Waals surface area contributed by atoms with Gasteiger partial charge in [0.2, 0.25) is 0 Å². The Balaban J connectivity index is 1.32. The number of para-hydroxylation sites is 1. The Morgan fingerprint density at radius 1 is 0.939 bits per heavy atom. The maximum absolute atomic E-state index is 12.8. The maximum atomic E-state index is 12.8. The number of imide groups is 1. The highest BCUT2D eigenvalue weighted by atomic mass is 32.2. The minimum absolute atomic E-state index is 0.269. The fourth-order valence-electron chi connectivity index (χ4n) is 4.60. The molecule has 0 spiro atoms. The molecule has 5 rings (SSSR count). The van der Waals surface area contributed by atoms with Crippen molar-refractivity contribution in [2.45, 2.75) is 17.1 Å². The summed E-state index contributed by atoms with van der Waals surface area (Å²) in [6.07, 6.45) is -0.491. The van der Waals surface area contributed by atoms with E-state index in [1.807, 2.05) is 24.3 Å². The third-order valence-corrected chi connectivity index (χ3v) is 7.36. The van der Waals surface area contributed by atoms with Crippen LogP contribution in [0.2, 0.25) is 0 Å². The van der Waals surface area contributed by atoms with E-state index in [0.717, 1.165) is 37.9 Å². The average Bonchev–Trinajstić information content (AvgIpc) is 3.24. The first-order valence-electron chi connectivity index (χ1n) is 11.3. The van der Waals surface area contributed by atoms with Gasteiger partial charge in [0.05, 0.1) is 0 Å². The summed E-state index contributed by atoms with van der Waals surface area (Å²) in [4.78, 5) is 39.4. The number of urea groups is 1. The van der Waals surface area contributed by atoms with E-state index in [1.54, 1.807) is 18.8 Å². The molecule has 2 fully saturated rings. The SMILES string of the molecule is CN1C(=O)NC(=O)C2C1N=C(N1CCN(c3ccccc3)CC1)N2CCSc1ccccc1. The van der Waals surface area contributed by atoms with Gasteiger partial charge in [0.15, 0.2) is 18.2 Å². The fraction of sp³-hybridized carbons (Fsp3) is 0.375. The monoisotopic (exact) mass is 464 g/mol. The smallest absolute Gasteiger partial charge is 0.325 e. The second-order valence-corrected chi connectivity index (χ2v) is 9.53. The molecule has 172 valence electrons. The highest BCUT2D eigenvalue weighted by molar-refractivity contribution is 7.99. The van der Waals surface area contributed by atoms with Crippen LogP contribution in [0.3, 0.4) is 0 Å². The number of nitrogens with zero attached hydrogens (tertiary/aromatic N) is 5. The van der Waals surface area contributed by atoms with Gasteiger partial charge in [-0.15, -0.1) is 11.8 Å². The second kappa shape index (κ2) is 9.35. The lowest BCUT2D eigenvalue weighted by Crippen LogP contribution is -2.64. The van der Waals surface area contributed by atoms with Crippen LogP contribution in [-0.2, 0) is 4.79 Å². The number of likely N-dealkylation sites (N-methyl/N-ethyl adjacent to an activating group) is 1. The number of carbonyl (C=O) groups excluding carboxylic acids is 2. The Hall–Kier alpha value is -3.20. The Morgan fingerprint density at radius 3 is 2.27 bits per heavy atom. The number of aliphatic imine (C=N–C) groups is 1. The zero-order valence-corrected chi connectivity index (χ0v) is 19.4. The number of guanidine groups is 1. The molecule has 2 saturated heterocycles. The van der Waals surface area contributed by atoms with Crippen molar-refractivity contribution in [2.75, 3.05) is 50.4 Å². The summed E-state index contributed by atoms with van der Waals surface area (Å²) in [5, 5.41) is 2.49. The molecule has 33 heavy (non-hydrogen) atoms. The third-order valence-electron chi connectivity index (χ3n) is 6.37. The lowest BCUT2D eigenvalue weighted by molar-refractivity contribution is -0.127. The number of rotatable bonds is 5. The number of hydrogen-bond donors (Lipinski definition) is 1. The number of fused-ring (bicyclic) bond motifs is 1. The quantitative estimate of drug-likeness (QED) is 0.684. The molecular formula is C24H28N6O2S. The highest BCUT2D eigenvalue weighted by Crippen LogP contribution is 2.28. The van der Waals surface area contributed by atoms with Crippen LogP contribution in [0.15, 0.2) is 70.6 Å². The van der Waals surface area contributed by atoms with E-state index in [-0.39, 0.29) is 5.91 Å². The average molecular weight is 465 g/mol. The van der Waals surface area contributed by atoms with Crippen molar-refractivity contribution in [3.63, 3.8) is 0 Å². The molecule has 8 nitrogen and oxygen atoms in total. The van der Waals surface area contributed by atoms with E-state index in [0.29, 0.717) is 6.54 Å². The van der Waals surface area contributed by atoms with Crippen LogP contribution in [0.5, 0.6) is 0 Å². The summed E-state index contributed by atoms with van der Waals surface area (Å²) < 4.78 is 0. The number of benzene rings is 2. The molecule has 0 saturated carbocycles. The summed E-state index contributed by atoms with van der Waals surface area (Å²) in [7, 11) is 1.70. The standard InChI is InChI=1S/C24H28N6O2S/c1-27-21-20(22(31)26-24(27)32)30(16-17-33-19-10-6-3-7-11-19)23(25-21)29-14-12-28(13-15-29)18-8-4-2-5-9-18/h2-11,20-21H,12-17H2,1H3,(H,26,31,32). The summed E-state index contributed by atoms with van der Waals surface area (Å²) >= 11 is 1.76. The van der Waals surface area contributed by atoms with Gasteiger partial charge in [0.25, 0.3) is 5.91 Å². The van der Waals surface area contributed by atoms with E-state index in [2.05, 4.69) is 56.4 Å². The van der Waals surface area contributed by atoms with Crippen LogP contribution < -0.4 is 10.2 Å². The molecule has 2 unspecified atom stereocenters. The van der Waals surface area contributed by atoms with Crippen LogP contribution in [0, 0.1) is 0 Å². The zero-order chi connectivity index (χ0) is 22.8. The Morgan fingerprint density at radius 2 is 1.58 bits per heavy atom. The van der Waals surface area contributed by atoms with Crippen molar-refractivity contribution in [1.29, 1.82) is 0 Å². The normalized spacial score (nSPS) is 22.9. The number of piperazine rings is 1. The summed E-state index contributed by atoms with van der Waals surface area (Å²) in [5.74, 6) is 1.37. The molecule has 0 aromatic heterocycles. The summed E-state index contributed by atoms with van der Waals surface area (Å²) in [6, 6.07) is 19.8. The van der Waals surface area contributed by atoms with Crippen LogP contribution >= 0.6 is 11.8 Å². The topological polar surface area (TPSA) is 71.5 Å². The summed E-state index contributed by atoms with van der Waals surface area (Å²) in [5.41, 5.74) is 1.22. The van der Waals surface area contributed by atoms with Gasteiger partial charge >= 0.3 is 6.03 Å². The van der Waals surface area contributed by atoms with Crippen molar-refractivity contribution >= 4 is 35.3 Å². The largest absolute Gasteiger partial charge is 0.368 e. The fourth-order valence-corrected chi connectivity index (χ4v) is 5.47. The van der Waals surface area contributed by atoms with E-state index >= 15 is 0 Å². The van der Waals surface area contributed by atoms with Crippen LogP contribution in [0.25, 0.3) is 0 Å². The molecule has 0 aliphatic carbocycles. The molecule has 2 atom stereocenters. The first-order chi connectivity index (χ1) is 16.1. The maximum Gasteiger partial charge on any atom is 0.325 e. The van der Waals surface area contributed by atoms with Gasteiger partial charge in [-0.05, 0) is 24.3 Å². The Bertz CT molecular complexity index is 1030. The highest BCUT2D eigenvalue weighted by Gasteiger charge is 2.49. The van der Waals surface area contributed by atoms with Crippen LogP contribution in [0.1, 0.15) is 0 Å². The number of amides is 3. The molecular weight excluding hydrogens is 436 g/mol. The lowest BCUT2D eigenvalue weighted by atomic mass is 10.1. The Kier molecular flexibility index (Phi) is 6.13. The first-order valence-corrected chi connectivity index (χ1v) is 12.3. The number of carbonyl (C=O) groups is 2. The van der Waals surface area contributed by atoms with Crippen molar-refractivity contribution in [3.8, 4) is 0 Å². The molecule has 0 bridgehead atoms. The first kappa shape index (κ1) is 21.6. The van der Waals surface area contributed by atoms with Crippen molar-refractivity contribution in [2.24, 2.45) is 4.99 Å². The molecule has 2 aromatic carbocycles. The molecule has 9 heteroatoms. The van der Waals surface area contributed by atoms with Gasteiger partial charge in [-0.2, -0.15) is 0 Å². The van der Waals surface area contributed by atoms with Gasteiger partial charge in [-0.1, -0.05) is 36.4 Å². The van der Waals surface area contributed by atoms with E-state index < -0.39 is 18.2 Å². The van der Waals surface area contributed by atoms with Gasteiger partial charge in [0, 0.05) is 56.1 Å². The van der Waals surface area contributed by atoms with Gasteiger partial charge < -0.3 is 19.6 Å². The molecule has 3 aliphatic rings. The predicted octanol–water partition coefficient (Wildman–Crippen LogP) is 2.15. The molecule has 1 N–H and O–H groups in total. The molecule has 3 amide bonds. The van der Waals surface area contributed by atoms with E-state index in [9.17, 15) is 9.59 Å². The molecule has 3 heterocycles. The van der Waals surface area contributed by atoms with Gasteiger partial charge in [0.1, 0.15) is 0 Å².